The van der Waals surface area contributed by atoms with Crippen LogP contribution >= 0.6 is 0 Å². The molecule has 0 spiro atoms. The Hall–Kier alpha value is -1.12. The van der Waals surface area contributed by atoms with E-state index in [2.05, 4.69) is 4.74 Å². The van der Waals surface area contributed by atoms with Gasteiger partial charge in [-0.1, -0.05) is 19.8 Å². The van der Waals surface area contributed by atoms with Crippen LogP contribution in [0.3, 0.4) is 0 Å². The average Bonchev–Trinajstić information content (AvgIpc) is 2.04. The Labute approximate surface area is 71.4 Å². The van der Waals surface area contributed by atoms with Crippen LogP contribution in [0.5, 0.6) is 0 Å². The van der Waals surface area contributed by atoms with Crippen LogP contribution in [0.4, 0.5) is 0 Å². The summed E-state index contributed by atoms with van der Waals surface area (Å²) < 4.78 is 4.62. The quantitative estimate of drug-likeness (QED) is 0.473. The fourth-order valence-corrected chi connectivity index (χ4v) is 1.15. The maximum Gasteiger partial charge on any atom is 0.321 e. The lowest BCUT2D eigenvalue weighted by Gasteiger charge is -2.13. The Morgan fingerprint density at radius 3 is 2.83 bits per heavy atom. The predicted octanol–water partition coefficient (Wildman–Crippen LogP) is 1.43. The molecule has 1 unspecified atom stereocenters. The zero-order valence-corrected chi connectivity index (χ0v) is 7.08. The zero-order chi connectivity index (χ0) is 8.97. The van der Waals surface area contributed by atoms with Gasteiger partial charge in [0.15, 0.2) is 5.78 Å². The molecular weight excluding hydrogens is 156 g/mol. The molecule has 0 aromatic heterocycles. The third-order valence-electron chi connectivity index (χ3n) is 1.89. The average molecular weight is 168 g/mol. The highest BCUT2D eigenvalue weighted by atomic mass is 16.5. The standard InChI is InChI=1S/C9H12O3/c1-2-3-4-7-8(10)5-6-12-9(7)11/h5-7H,2-4H2,1H3. The van der Waals surface area contributed by atoms with Gasteiger partial charge in [0.05, 0.1) is 6.26 Å². The first-order chi connectivity index (χ1) is 5.75. The van der Waals surface area contributed by atoms with E-state index in [0.717, 1.165) is 19.1 Å². The number of carbonyl (C=O) groups is 2. The molecule has 0 bridgehead atoms. The lowest BCUT2D eigenvalue weighted by atomic mass is 9.96. The van der Waals surface area contributed by atoms with Crippen molar-refractivity contribution in [2.75, 3.05) is 0 Å². The summed E-state index contributed by atoms with van der Waals surface area (Å²) in [4.78, 5) is 22.1. The topological polar surface area (TPSA) is 43.4 Å². The van der Waals surface area contributed by atoms with Gasteiger partial charge in [-0.2, -0.15) is 0 Å². The zero-order valence-electron chi connectivity index (χ0n) is 7.08. The number of unbranched alkanes of at least 4 members (excludes halogenated alkanes) is 1. The molecule has 1 heterocycles. The molecule has 0 N–H and O–H groups in total. The van der Waals surface area contributed by atoms with Crippen molar-refractivity contribution in [3.8, 4) is 0 Å². The second-order valence-corrected chi connectivity index (χ2v) is 2.84. The van der Waals surface area contributed by atoms with Crippen LogP contribution in [0.2, 0.25) is 0 Å². The molecule has 1 aliphatic heterocycles. The summed E-state index contributed by atoms with van der Waals surface area (Å²) >= 11 is 0. The maximum absolute atomic E-state index is 11.1. The molecule has 0 aromatic rings. The Morgan fingerprint density at radius 2 is 2.25 bits per heavy atom. The monoisotopic (exact) mass is 168 g/mol. The Morgan fingerprint density at radius 1 is 1.50 bits per heavy atom. The largest absolute Gasteiger partial charge is 0.434 e. The normalized spacial score (nSPS) is 22.6. The summed E-state index contributed by atoms with van der Waals surface area (Å²) in [5.74, 6) is -1.08. The maximum atomic E-state index is 11.1. The highest BCUT2D eigenvalue weighted by molar-refractivity contribution is 6.06. The number of rotatable bonds is 3. The molecule has 3 nitrogen and oxygen atoms in total. The van der Waals surface area contributed by atoms with Crippen LogP contribution in [0.15, 0.2) is 12.3 Å². The minimum Gasteiger partial charge on any atom is -0.434 e. The van der Waals surface area contributed by atoms with Crippen molar-refractivity contribution < 1.29 is 14.3 Å². The Bertz CT molecular complexity index is 218. The molecule has 0 fully saturated rings. The minimum atomic E-state index is -0.546. The van der Waals surface area contributed by atoms with Gasteiger partial charge in [0, 0.05) is 6.08 Å². The summed E-state index contributed by atoms with van der Waals surface area (Å²) in [6, 6.07) is 0. The first-order valence-corrected chi connectivity index (χ1v) is 4.16. The Balaban J connectivity index is 2.54. The number of allylic oxidation sites excluding steroid dienone is 1. The van der Waals surface area contributed by atoms with Crippen molar-refractivity contribution in [3.63, 3.8) is 0 Å². The Kier molecular flexibility index (Phi) is 3.02. The molecule has 0 radical (unpaired) electrons. The molecule has 1 aliphatic rings. The number of carbonyl (C=O) groups excluding carboxylic acids is 2. The highest BCUT2D eigenvalue weighted by Gasteiger charge is 2.27. The summed E-state index contributed by atoms with van der Waals surface area (Å²) in [7, 11) is 0. The molecule has 12 heavy (non-hydrogen) atoms. The van der Waals surface area contributed by atoms with E-state index in [-0.39, 0.29) is 5.78 Å². The van der Waals surface area contributed by atoms with E-state index in [1.54, 1.807) is 0 Å². The van der Waals surface area contributed by atoms with E-state index in [1.807, 2.05) is 6.92 Å². The van der Waals surface area contributed by atoms with Gasteiger partial charge in [-0.3, -0.25) is 9.59 Å². The first-order valence-electron chi connectivity index (χ1n) is 4.16. The van der Waals surface area contributed by atoms with E-state index >= 15 is 0 Å². The van der Waals surface area contributed by atoms with Crippen LogP contribution in [0, 0.1) is 5.92 Å². The number of hydrogen-bond acceptors (Lipinski definition) is 3. The van der Waals surface area contributed by atoms with Gasteiger partial charge in [-0.05, 0) is 6.42 Å². The van der Waals surface area contributed by atoms with Gasteiger partial charge in [0.1, 0.15) is 5.92 Å². The number of cyclic esters (lactones) is 1. The summed E-state index contributed by atoms with van der Waals surface area (Å²) in [6.45, 7) is 2.02. The number of ketones is 1. The third kappa shape index (κ3) is 1.94. The van der Waals surface area contributed by atoms with Crippen molar-refractivity contribution in [2.24, 2.45) is 5.92 Å². The van der Waals surface area contributed by atoms with Crippen molar-refractivity contribution >= 4 is 11.8 Å². The smallest absolute Gasteiger partial charge is 0.321 e. The summed E-state index contributed by atoms with van der Waals surface area (Å²) in [5.41, 5.74) is 0. The van der Waals surface area contributed by atoms with Crippen molar-refractivity contribution in [1.29, 1.82) is 0 Å². The van der Waals surface area contributed by atoms with Crippen LogP contribution in [0.25, 0.3) is 0 Å². The van der Waals surface area contributed by atoms with Crippen LogP contribution in [0.1, 0.15) is 26.2 Å². The van der Waals surface area contributed by atoms with Crippen LogP contribution < -0.4 is 0 Å². The molecular formula is C9H12O3. The summed E-state index contributed by atoms with van der Waals surface area (Å²) in [5, 5.41) is 0. The fraction of sp³-hybridized carbons (Fsp3) is 0.556. The van der Waals surface area contributed by atoms with E-state index in [1.165, 1.54) is 6.08 Å². The molecule has 1 atom stereocenters. The lowest BCUT2D eigenvalue weighted by molar-refractivity contribution is -0.147. The number of esters is 1. The fourth-order valence-electron chi connectivity index (χ4n) is 1.15. The van der Waals surface area contributed by atoms with E-state index in [4.69, 9.17) is 0 Å². The molecule has 0 saturated heterocycles. The van der Waals surface area contributed by atoms with Crippen LogP contribution in [-0.4, -0.2) is 11.8 Å². The van der Waals surface area contributed by atoms with E-state index in [0.29, 0.717) is 6.42 Å². The second-order valence-electron chi connectivity index (χ2n) is 2.84. The van der Waals surface area contributed by atoms with Crippen molar-refractivity contribution in [1.82, 2.24) is 0 Å². The van der Waals surface area contributed by atoms with Crippen molar-refractivity contribution in [2.45, 2.75) is 26.2 Å². The second kappa shape index (κ2) is 4.04. The van der Waals surface area contributed by atoms with Gasteiger partial charge >= 0.3 is 5.97 Å². The van der Waals surface area contributed by atoms with E-state index in [9.17, 15) is 9.59 Å². The van der Waals surface area contributed by atoms with Crippen molar-refractivity contribution in [3.05, 3.63) is 12.3 Å². The predicted molar refractivity (Wildman–Crippen MR) is 43.3 cm³/mol. The lowest BCUT2D eigenvalue weighted by Crippen LogP contribution is -2.26. The van der Waals surface area contributed by atoms with Gasteiger partial charge < -0.3 is 4.74 Å². The molecule has 66 valence electrons. The molecule has 0 amide bonds. The van der Waals surface area contributed by atoms with Gasteiger partial charge in [-0.25, -0.2) is 0 Å². The number of hydrogen-bond donors (Lipinski definition) is 0. The van der Waals surface area contributed by atoms with E-state index < -0.39 is 11.9 Å². The van der Waals surface area contributed by atoms with Gasteiger partial charge in [0.2, 0.25) is 0 Å². The molecule has 3 heteroatoms. The molecule has 0 aliphatic carbocycles. The molecule has 0 saturated carbocycles. The third-order valence-corrected chi connectivity index (χ3v) is 1.89. The minimum absolute atomic E-state index is 0.125. The molecule has 1 rings (SSSR count). The highest BCUT2D eigenvalue weighted by Crippen LogP contribution is 2.15. The first kappa shape index (κ1) is 8.97. The number of ether oxygens (including phenoxy) is 1. The van der Waals surface area contributed by atoms with Gasteiger partial charge in [-0.15, -0.1) is 0 Å². The summed E-state index contributed by atoms with van der Waals surface area (Å²) in [6.07, 6.45) is 4.97. The van der Waals surface area contributed by atoms with Crippen LogP contribution in [-0.2, 0) is 14.3 Å². The van der Waals surface area contributed by atoms with Gasteiger partial charge in [0.25, 0.3) is 0 Å². The SMILES string of the molecule is CCCCC1C(=O)C=COC1=O. The molecule has 0 aromatic carbocycles.